The van der Waals surface area contributed by atoms with Crippen molar-refractivity contribution in [3.8, 4) is 0 Å². The number of halogens is 2. The van der Waals surface area contributed by atoms with E-state index in [1.165, 1.54) is 6.07 Å². The molecule has 90 valence electrons. The molecule has 0 atom stereocenters. The van der Waals surface area contributed by atoms with E-state index in [4.69, 9.17) is 0 Å². The molecule has 1 aromatic carbocycles. The quantitative estimate of drug-likeness (QED) is 0.896. The van der Waals surface area contributed by atoms with Crippen LogP contribution in [0.1, 0.15) is 13.8 Å². The number of aromatic nitrogens is 1. The van der Waals surface area contributed by atoms with Gasteiger partial charge >= 0.3 is 0 Å². The van der Waals surface area contributed by atoms with Crippen LogP contribution >= 0.6 is 11.3 Å². The number of carbonyl (C=O) groups is 1. The maximum atomic E-state index is 13.3. The molecule has 1 heterocycles. The van der Waals surface area contributed by atoms with Crippen LogP contribution in [0.3, 0.4) is 0 Å². The number of anilines is 1. The molecule has 2 aromatic rings. The van der Waals surface area contributed by atoms with Crippen molar-refractivity contribution in [1.29, 1.82) is 0 Å². The van der Waals surface area contributed by atoms with Crippen molar-refractivity contribution in [3.63, 3.8) is 0 Å². The second-order valence-electron chi connectivity index (χ2n) is 3.90. The lowest BCUT2D eigenvalue weighted by molar-refractivity contribution is -0.118. The SMILES string of the molecule is CC(C)C(=O)Nc1nc2c(F)cc(F)cc2s1. The van der Waals surface area contributed by atoms with Crippen molar-refractivity contribution in [2.75, 3.05) is 5.32 Å². The van der Waals surface area contributed by atoms with E-state index in [0.717, 1.165) is 17.4 Å². The number of fused-ring (bicyclic) bond motifs is 1. The monoisotopic (exact) mass is 256 g/mol. The summed E-state index contributed by atoms with van der Waals surface area (Å²) >= 11 is 1.05. The topological polar surface area (TPSA) is 42.0 Å². The molecule has 0 bridgehead atoms. The number of nitrogens with one attached hydrogen (secondary N) is 1. The highest BCUT2D eigenvalue weighted by atomic mass is 32.1. The summed E-state index contributed by atoms with van der Waals surface area (Å²) in [4.78, 5) is 15.3. The van der Waals surface area contributed by atoms with E-state index in [1.807, 2.05) is 0 Å². The molecule has 2 rings (SSSR count). The lowest BCUT2D eigenvalue weighted by Gasteiger charge is -2.02. The molecule has 0 fully saturated rings. The van der Waals surface area contributed by atoms with Gasteiger partial charge in [-0.05, 0) is 6.07 Å². The zero-order chi connectivity index (χ0) is 12.6. The van der Waals surface area contributed by atoms with E-state index in [1.54, 1.807) is 13.8 Å². The summed E-state index contributed by atoms with van der Waals surface area (Å²) in [5.41, 5.74) is 0.0791. The van der Waals surface area contributed by atoms with E-state index in [2.05, 4.69) is 10.3 Å². The van der Waals surface area contributed by atoms with Gasteiger partial charge in [0.1, 0.15) is 11.3 Å². The van der Waals surface area contributed by atoms with Crippen molar-refractivity contribution < 1.29 is 13.6 Å². The third kappa shape index (κ3) is 2.41. The van der Waals surface area contributed by atoms with E-state index in [0.29, 0.717) is 4.70 Å². The van der Waals surface area contributed by atoms with E-state index >= 15 is 0 Å². The van der Waals surface area contributed by atoms with E-state index in [-0.39, 0.29) is 22.5 Å². The predicted octanol–water partition coefficient (Wildman–Crippen LogP) is 3.17. The van der Waals surface area contributed by atoms with Gasteiger partial charge in [-0.3, -0.25) is 4.79 Å². The zero-order valence-electron chi connectivity index (χ0n) is 9.25. The van der Waals surface area contributed by atoms with Gasteiger partial charge in [-0.2, -0.15) is 0 Å². The Labute approximate surface area is 100 Å². The number of hydrogen-bond donors (Lipinski definition) is 1. The molecule has 3 nitrogen and oxygen atoms in total. The number of rotatable bonds is 2. The molecule has 0 aliphatic heterocycles. The lowest BCUT2D eigenvalue weighted by atomic mass is 10.2. The minimum atomic E-state index is -0.721. The van der Waals surface area contributed by atoms with Crippen molar-refractivity contribution in [3.05, 3.63) is 23.8 Å². The Kier molecular flexibility index (Phi) is 3.06. The first-order chi connectivity index (χ1) is 7.97. The standard InChI is InChI=1S/C11H10F2N2OS/c1-5(2)10(16)15-11-14-9-7(13)3-6(12)4-8(9)17-11/h3-5H,1-2H3,(H,14,15,16). The number of nitrogens with zero attached hydrogens (tertiary/aromatic N) is 1. The molecule has 1 N–H and O–H groups in total. The van der Waals surface area contributed by atoms with Gasteiger partial charge in [0.15, 0.2) is 10.9 Å². The fourth-order valence-corrected chi connectivity index (χ4v) is 2.17. The molecule has 0 saturated carbocycles. The summed E-state index contributed by atoms with van der Waals surface area (Å²) in [5, 5.41) is 2.84. The Morgan fingerprint density at radius 3 is 2.76 bits per heavy atom. The Morgan fingerprint density at radius 1 is 1.41 bits per heavy atom. The summed E-state index contributed by atoms with van der Waals surface area (Å²) in [6.45, 7) is 3.48. The van der Waals surface area contributed by atoms with Crippen LogP contribution in [-0.2, 0) is 4.79 Å². The van der Waals surface area contributed by atoms with Gasteiger partial charge in [0.05, 0.1) is 4.70 Å². The number of hydrogen-bond acceptors (Lipinski definition) is 3. The van der Waals surface area contributed by atoms with Gasteiger partial charge in [-0.15, -0.1) is 0 Å². The first kappa shape index (κ1) is 11.9. The first-order valence-corrected chi connectivity index (χ1v) is 5.85. The van der Waals surface area contributed by atoms with Gasteiger partial charge in [0.25, 0.3) is 0 Å². The van der Waals surface area contributed by atoms with Crippen LogP contribution in [0.4, 0.5) is 13.9 Å². The number of benzene rings is 1. The van der Waals surface area contributed by atoms with Crippen molar-refractivity contribution in [2.45, 2.75) is 13.8 Å². The van der Waals surface area contributed by atoms with Crippen LogP contribution in [0.5, 0.6) is 0 Å². The highest BCUT2D eigenvalue weighted by Gasteiger charge is 2.13. The van der Waals surface area contributed by atoms with Crippen molar-refractivity contribution >= 4 is 32.6 Å². The van der Waals surface area contributed by atoms with Gasteiger partial charge < -0.3 is 5.32 Å². The Hall–Kier alpha value is -1.56. The highest BCUT2D eigenvalue weighted by Crippen LogP contribution is 2.28. The minimum Gasteiger partial charge on any atom is -0.302 e. The normalized spacial score (nSPS) is 11.1. The Morgan fingerprint density at radius 2 is 2.12 bits per heavy atom. The summed E-state index contributed by atoms with van der Waals surface area (Å²) in [5.74, 6) is -1.77. The van der Waals surface area contributed by atoms with Crippen LogP contribution in [0.25, 0.3) is 10.2 Å². The van der Waals surface area contributed by atoms with Gasteiger partial charge in [0, 0.05) is 12.0 Å². The summed E-state index contributed by atoms with van der Waals surface area (Å²) in [7, 11) is 0. The fourth-order valence-electron chi connectivity index (χ4n) is 1.26. The maximum Gasteiger partial charge on any atom is 0.228 e. The molecule has 6 heteroatoms. The molecule has 1 amide bonds. The summed E-state index contributed by atoms with van der Waals surface area (Å²) < 4.78 is 26.7. The van der Waals surface area contributed by atoms with Crippen LogP contribution < -0.4 is 5.32 Å². The lowest BCUT2D eigenvalue weighted by Crippen LogP contribution is -2.17. The zero-order valence-corrected chi connectivity index (χ0v) is 10.1. The second-order valence-corrected chi connectivity index (χ2v) is 4.93. The third-order valence-corrected chi connectivity index (χ3v) is 3.09. The van der Waals surface area contributed by atoms with Crippen LogP contribution in [0.2, 0.25) is 0 Å². The molecule has 1 aromatic heterocycles. The largest absolute Gasteiger partial charge is 0.302 e. The Bertz CT molecular complexity index is 580. The van der Waals surface area contributed by atoms with Gasteiger partial charge in [-0.25, -0.2) is 13.8 Å². The smallest absolute Gasteiger partial charge is 0.228 e. The predicted molar refractivity (Wildman–Crippen MR) is 63.0 cm³/mol. The maximum absolute atomic E-state index is 13.3. The molecule has 0 aliphatic carbocycles. The highest BCUT2D eigenvalue weighted by molar-refractivity contribution is 7.22. The Balaban J connectivity index is 2.38. The molecule has 17 heavy (non-hydrogen) atoms. The number of amides is 1. The molecular weight excluding hydrogens is 246 g/mol. The molecule has 0 saturated heterocycles. The van der Waals surface area contributed by atoms with Crippen LogP contribution in [0, 0.1) is 17.6 Å². The summed E-state index contributed by atoms with van der Waals surface area (Å²) in [6.07, 6.45) is 0. The van der Waals surface area contributed by atoms with Gasteiger partial charge in [-0.1, -0.05) is 25.2 Å². The van der Waals surface area contributed by atoms with Crippen LogP contribution in [-0.4, -0.2) is 10.9 Å². The minimum absolute atomic E-state index is 0.0791. The average Bonchev–Trinajstić information content (AvgIpc) is 2.60. The molecule has 0 spiro atoms. The number of carbonyl (C=O) groups excluding carboxylic acids is 1. The summed E-state index contributed by atoms with van der Waals surface area (Å²) in [6, 6.07) is 1.97. The average molecular weight is 256 g/mol. The van der Waals surface area contributed by atoms with Gasteiger partial charge in [0.2, 0.25) is 5.91 Å². The van der Waals surface area contributed by atoms with Crippen molar-refractivity contribution in [1.82, 2.24) is 4.98 Å². The second kappa shape index (κ2) is 4.37. The molecular formula is C11H10F2N2OS. The molecule has 0 radical (unpaired) electrons. The molecule has 0 aliphatic rings. The fraction of sp³-hybridized carbons (Fsp3) is 0.273. The van der Waals surface area contributed by atoms with Crippen molar-refractivity contribution in [2.24, 2.45) is 5.92 Å². The van der Waals surface area contributed by atoms with E-state index in [9.17, 15) is 13.6 Å². The third-order valence-electron chi connectivity index (χ3n) is 2.17. The van der Waals surface area contributed by atoms with Crippen LogP contribution in [0.15, 0.2) is 12.1 Å². The molecule has 0 unspecified atom stereocenters. The number of thiazole rings is 1. The van der Waals surface area contributed by atoms with E-state index < -0.39 is 11.6 Å². The first-order valence-electron chi connectivity index (χ1n) is 5.04.